The monoisotopic (exact) mass is 309 g/mol. The summed E-state index contributed by atoms with van der Waals surface area (Å²) >= 11 is 7.97. The highest BCUT2D eigenvalue weighted by Gasteiger charge is 2.13. The topological polar surface area (TPSA) is 29.9 Å². The van der Waals surface area contributed by atoms with Crippen LogP contribution in [0.25, 0.3) is 0 Å². The fourth-order valence-electron chi connectivity index (χ4n) is 1.99. The Kier molecular flexibility index (Phi) is 5.95. The second-order valence-corrected chi connectivity index (χ2v) is 5.95. The molecule has 2 aromatic rings. The molecule has 0 saturated heterocycles. The number of hydrogen-bond donors (Lipinski definition) is 1. The van der Waals surface area contributed by atoms with E-state index in [1.54, 1.807) is 11.8 Å². The van der Waals surface area contributed by atoms with E-state index in [-0.39, 0.29) is 0 Å². The van der Waals surface area contributed by atoms with Gasteiger partial charge in [-0.3, -0.25) is 4.68 Å². The molecule has 2 rings (SSSR count). The molecule has 0 bridgehead atoms. The van der Waals surface area contributed by atoms with Crippen LogP contribution in [-0.4, -0.2) is 22.1 Å². The van der Waals surface area contributed by atoms with E-state index >= 15 is 0 Å². The number of aromatic nitrogens is 2. The molecule has 5 heteroatoms. The van der Waals surface area contributed by atoms with Gasteiger partial charge in [0.1, 0.15) is 0 Å². The fraction of sp³-hybridized carbons (Fsp3) is 0.400. The zero-order valence-electron chi connectivity index (χ0n) is 11.8. The van der Waals surface area contributed by atoms with Crippen molar-refractivity contribution in [2.45, 2.75) is 31.3 Å². The lowest BCUT2D eigenvalue weighted by Gasteiger charge is -2.16. The Hall–Kier alpha value is -0.970. The van der Waals surface area contributed by atoms with Crippen molar-refractivity contribution in [2.24, 2.45) is 0 Å². The lowest BCUT2D eigenvalue weighted by molar-refractivity contribution is 0.603. The number of rotatable bonds is 7. The summed E-state index contributed by atoms with van der Waals surface area (Å²) in [5.74, 6) is 0.937. The number of aryl methyl sites for hydroxylation is 1. The molecule has 0 aliphatic rings. The minimum atomic E-state index is 0.293. The summed E-state index contributed by atoms with van der Waals surface area (Å²) in [6, 6.07) is 8.26. The van der Waals surface area contributed by atoms with Gasteiger partial charge in [-0.15, -0.1) is 11.8 Å². The van der Waals surface area contributed by atoms with E-state index in [4.69, 9.17) is 11.6 Å². The molecule has 0 amide bonds. The quantitative estimate of drug-likeness (QED) is 0.784. The molecule has 1 unspecified atom stereocenters. The smallest absolute Gasteiger partial charge is 0.0541 e. The van der Waals surface area contributed by atoms with Crippen LogP contribution in [0.2, 0.25) is 5.02 Å². The number of thioether (sulfide) groups is 1. The number of nitrogens with one attached hydrogen (secondary N) is 1. The first-order valence-corrected chi connectivity index (χ1v) is 8.24. The molecular formula is C15H20ClN3S. The SMILES string of the molecule is CCNC(CSc1ccccc1Cl)c1cnn(CC)c1. The molecule has 0 aliphatic carbocycles. The van der Waals surface area contributed by atoms with Crippen LogP contribution in [0.1, 0.15) is 25.5 Å². The standard InChI is InChI=1S/C15H20ClN3S/c1-3-17-14(12-9-18-19(4-2)10-12)11-20-15-8-6-5-7-13(15)16/h5-10,14,17H,3-4,11H2,1-2H3. The highest BCUT2D eigenvalue weighted by atomic mass is 35.5. The average Bonchev–Trinajstić information content (AvgIpc) is 2.94. The van der Waals surface area contributed by atoms with Crippen molar-refractivity contribution in [3.05, 3.63) is 47.2 Å². The number of benzene rings is 1. The van der Waals surface area contributed by atoms with Gasteiger partial charge in [-0.05, 0) is 25.6 Å². The van der Waals surface area contributed by atoms with Crippen molar-refractivity contribution in [3.63, 3.8) is 0 Å². The van der Waals surface area contributed by atoms with Gasteiger partial charge in [0.15, 0.2) is 0 Å². The van der Waals surface area contributed by atoms with Crippen molar-refractivity contribution in [2.75, 3.05) is 12.3 Å². The van der Waals surface area contributed by atoms with E-state index in [1.165, 1.54) is 5.56 Å². The maximum atomic E-state index is 6.20. The van der Waals surface area contributed by atoms with Crippen LogP contribution in [0.3, 0.4) is 0 Å². The van der Waals surface area contributed by atoms with Crippen LogP contribution >= 0.6 is 23.4 Å². The maximum absolute atomic E-state index is 6.20. The Balaban J connectivity index is 2.04. The molecule has 0 spiro atoms. The second-order valence-electron chi connectivity index (χ2n) is 4.48. The summed E-state index contributed by atoms with van der Waals surface area (Å²) in [5, 5.41) is 8.68. The lowest BCUT2D eigenvalue weighted by atomic mass is 10.2. The first-order chi connectivity index (χ1) is 9.74. The molecule has 1 N–H and O–H groups in total. The summed E-state index contributed by atoms with van der Waals surface area (Å²) in [6.45, 7) is 6.05. The van der Waals surface area contributed by atoms with Gasteiger partial charge >= 0.3 is 0 Å². The van der Waals surface area contributed by atoms with E-state index in [2.05, 4.69) is 36.5 Å². The van der Waals surface area contributed by atoms with Gasteiger partial charge in [-0.1, -0.05) is 30.7 Å². The molecule has 108 valence electrons. The molecule has 0 aliphatic heterocycles. The van der Waals surface area contributed by atoms with Crippen molar-refractivity contribution in [1.82, 2.24) is 15.1 Å². The third kappa shape index (κ3) is 4.01. The summed E-state index contributed by atoms with van der Waals surface area (Å²) in [5.41, 5.74) is 1.23. The van der Waals surface area contributed by atoms with Crippen LogP contribution < -0.4 is 5.32 Å². The van der Waals surface area contributed by atoms with Crippen LogP contribution in [0.5, 0.6) is 0 Å². The predicted molar refractivity (Wildman–Crippen MR) is 86.5 cm³/mol. The Morgan fingerprint density at radius 3 is 2.80 bits per heavy atom. The number of hydrogen-bond acceptors (Lipinski definition) is 3. The van der Waals surface area contributed by atoms with Gasteiger partial charge < -0.3 is 5.32 Å². The van der Waals surface area contributed by atoms with Crippen LogP contribution in [0.4, 0.5) is 0 Å². The fourth-order valence-corrected chi connectivity index (χ4v) is 3.32. The minimum Gasteiger partial charge on any atom is -0.309 e. The van der Waals surface area contributed by atoms with Crippen molar-refractivity contribution in [3.8, 4) is 0 Å². The van der Waals surface area contributed by atoms with Crippen LogP contribution in [0.15, 0.2) is 41.6 Å². The second kappa shape index (κ2) is 7.72. The Bertz CT molecular complexity index is 541. The van der Waals surface area contributed by atoms with Crippen molar-refractivity contribution in [1.29, 1.82) is 0 Å². The van der Waals surface area contributed by atoms with E-state index in [0.717, 1.165) is 28.8 Å². The molecule has 3 nitrogen and oxygen atoms in total. The van der Waals surface area contributed by atoms with E-state index in [9.17, 15) is 0 Å². The van der Waals surface area contributed by atoms with Crippen molar-refractivity contribution >= 4 is 23.4 Å². The van der Waals surface area contributed by atoms with Gasteiger partial charge in [-0.2, -0.15) is 5.10 Å². The molecular weight excluding hydrogens is 290 g/mol. The van der Waals surface area contributed by atoms with E-state index in [0.29, 0.717) is 6.04 Å². The average molecular weight is 310 g/mol. The first-order valence-electron chi connectivity index (χ1n) is 6.87. The molecule has 1 heterocycles. The Morgan fingerprint density at radius 1 is 1.35 bits per heavy atom. The zero-order valence-corrected chi connectivity index (χ0v) is 13.4. The lowest BCUT2D eigenvalue weighted by Crippen LogP contribution is -2.22. The zero-order chi connectivity index (χ0) is 14.4. The first kappa shape index (κ1) is 15.4. The molecule has 0 saturated carbocycles. The molecule has 0 radical (unpaired) electrons. The van der Waals surface area contributed by atoms with Gasteiger partial charge in [0.25, 0.3) is 0 Å². The molecule has 1 aromatic heterocycles. The van der Waals surface area contributed by atoms with Crippen LogP contribution in [-0.2, 0) is 6.54 Å². The highest BCUT2D eigenvalue weighted by Crippen LogP contribution is 2.30. The summed E-state index contributed by atoms with van der Waals surface area (Å²) in [7, 11) is 0. The van der Waals surface area contributed by atoms with Gasteiger partial charge in [0.2, 0.25) is 0 Å². The Morgan fingerprint density at radius 2 is 2.15 bits per heavy atom. The van der Waals surface area contributed by atoms with Crippen molar-refractivity contribution < 1.29 is 0 Å². The number of nitrogens with zero attached hydrogens (tertiary/aromatic N) is 2. The van der Waals surface area contributed by atoms with Crippen LogP contribution in [0, 0.1) is 0 Å². The molecule has 1 aromatic carbocycles. The largest absolute Gasteiger partial charge is 0.309 e. The van der Waals surface area contributed by atoms with E-state index < -0.39 is 0 Å². The maximum Gasteiger partial charge on any atom is 0.0541 e. The minimum absolute atomic E-state index is 0.293. The predicted octanol–water partition coefficient (Wildman–Crippen LogP) is 4.00. The van der Waals surface area contributed by atoms with Gasteiger partial charge in [-0.25, -0.2) is 0 Å². The molecule has 0 fully saturated rings. The third-order valence-electron chi connectivity index (χ3n) is 3.07. The van der Waals surface area contributed by atoms with Gasteiger partial charge in [0, 0.05) is 35.0 Å². The molecule has 20 heavy (non-hydrogen) atoms. The normalized spacial score (nSPS) is 12.6. The number of halogens is 1. The van der Waals surface area contributed by atoms with E-state index in [1.807, 2.05) is 29.1 Å². The molecule has 1 atom stereocenters. The highest BCUT2D eigenvalue weighted by molar-refractivity contribution is 7.99. The summed E-state index contributed by atoms with van der Waals surface area (Å²) < 4.78 is 1.96. The Labute approximate surface area is 129 Å². The summed E-state index contributed by atoms with van der Waals surface area (Å²) in [6.07, 6.45) is 4.06. The van der Waals surface area contributed by atoms with Gasteiger partial charge in [0.05, 0.1) is 11.2 Å². The third-order valence-corrected chi connectivity index (χ3v) is 4.68. The summed E-state index contributed by atoms with van der Waals surface area (Å²) in [4.78, 5) is 1.12.